The van der Waals surface area contributed by atoms with E-state index < -0.39 is 10.0 Å². The van der Waals surface area contributed by atoms with Crippen LogP contribution >= 0.6 is 0 Å². The molecule has 0 unspecified atom stereocenters. The maximum Gasteiger partial charge on any atom is 0.218 e. The minimum atomic E-state index is -3.28. The third-order valence-electron chi connectivity index (χ3n) is 3.21. The van der Waals surface area contributed by atoms with Crippen LogP contribution in [-0.4, -0.2) is 38.0 Å². The van der Waals surface area contributed by atoms with Crippen LogP contribution in [-0.2, 0) is 22.3 Å². The number of aliphatic hydroxyl groups excluding tert-OH is 1. The van der Waals surface area contributed by atoms with Crippen LogP contribution in [0.1, 0.15) is 30.4 Å². The first-order valence-electron chi connectivity index (χ1n) is 6.82. The molecule has 114 valence electrons. The summed E-state index contributed by atoms with van der Waals surface area (Å²) < 4.78 is 25.7. The molecule has 0 radical (unpaired) electrons. The van der Waals surface area contributed by atoms with E-state index in [1.807, 2.05) is 12.1 Å². The van der Waals surface area contributed by atoms with Crippen LogP contribution in [0.3, 0.4) is 0 Å². The molecule has 0 aliphatic heterocycles. The highest BCUT2D eigenvalue weighted by Crippen LogP contribution is 2.12. The molecule has 0 atom stereocenters. The van der Waals surface area contributed by atoms with E-state index in [1.165, 1.54) is 4.31 Å². The molecule has 0 bridgehead atoms. The maximum atomic E-state index is 12.2. The molecule has 20 heavy (non-hydrogen) atoms. The van der Waals surface area contributed by atoms with Crippen LogP contribution in [0, 0.1) is 0 Å². The van der Waals surface area contributed by atoms with E-state index >= 15 is 0 Å². The molecule has 5 nitrogen and oxygen atoms in total. The van der Waals surface area contributed by atoms with E-state index in [2.05, 4.69) is 0 Å². The van der Waals surface area contributed by atoms with Gasteiger partial charge in [0.2, 0.25) is 10.0 Å². The molecular formula is C14H24N2O3S. The summed E-state index contributed by atoms with van der Waals surface area (Å²) in [6, 6.07) is 7.32. The SMILES string of the molecule is CN(CCCCCO)S(=O)(=O)Cc1ccc(CN)cc1. The Kier molecular flexibility index (Phi) is 7.15. The van der Waals surface area contributed by atoms with Gasteiger partial charge in [-0.3, -0.25) is 0 Å². The summed E-state index contributed by atoms with van der Waals surface area (Å²) >= 11 is 0. The Morgan fingerprint density at radius 1 is 1.10 bits per heavy atom. The number of aliphatic hydroxyl groups is 1. The second-order valence-corrected chi connectivity index (χ2v) is 6.96. The minimum absolute atomic E-state index is 0.00829. The summed E-state index contributed by atoms with van der Waals surface area (Å²) in [6.07, 6.45) is 2.32. The molecule has 1 aromatic rings. The number of nitrogens with two attached hydrogens (primary N) is 1. The highest BCUT2D eigenvalue weighted by Gasteiger charge is 2.17. The first kappa shape index (κ1) is 17.1. The average Bonchev–Trinajstić information content (AvgIpc) is 2.43. The van der Waals surface area contributed by atoms with Gasteiger partial charge in [0.05, 0.1) is 5.75 Å². The number of hydrogen-bond acceptors (Lipinski definition) is 4. The van der Waals surface area contributed by atoms with E-state index in [9.17, 15) is 8.42 Å². The first-order chi connectivity index (χ1) is 9.49. The zero-order valence-electron chi connectivity index (χ0n) is 12.0. The number of unbranched alkanes of at least 4 members (excludes halogenated alkanes) is 2. The van der Waals surface area contributed by atoms with Gasteiger partial charge in [-0.1, -0.05) is 24.3 Å². The van der Waals surface area contributed by atoms with Crippen LogP contribution in [0.4, 0.5) is 0 Å². The van der Waals surface area contributed by atoms with Gasteiger partial charge in [0.25, 0.3) is 0 Å². The van der Waals surface area contributed by atoms with Crippen molar-refractivity contribution >= 4 is 10.0 Å². The molecular weight excluding hydrogens is 276 g/mol. The van der Waals surface area contributed by atoms with Crippen molar-refractivity contribution in [1.29, 1.82) is 0 Å². The number of nitrogens with zero attached hydrogens (tertiary/aromatic N) is 1. The topological polar surface area (TPSA) is 83.6 Å². The quantitative estimate of drug-likeness (QED) is 0.668. The van der Waals surface area contributed by atoms with Crippen LogP contribution in [0.25, 0.3) is 0 Å². The van der Waals surface area contributed by atoms with Crippen molar-refractivity contribution in [2.45, 2.75) is 31.6 Å². The Bertz CT molecular complexity index is 486. The summed E-state index contributed by atoms with van der Waals surface area (Å²) in [5.74, 6) is 0.00829. The molecule has 0 heterocycles. The lowest BCUT2D eigenvalue weighted by molar-refractivity contribution is 0.281. The second-order valence-electron chi connectivity index (χ2n) is 4.88. The van der Waals surface area contributed by atoms with Gasteiger partial charge in [0.1, 0.15) is 0 Å². The minimum Gasteiger partial charge on any atom is -0.396 e. The molecule has 1 aromatic carbocycles. The van der Waals surface area contributed by atoms with Crippen molar-refractivity contribution in [3.8, 4) is 0 Å². The van der Waals surface area contributed by atoms with Crippen LogP contribution in [0.2, 0.25) is 0 Å². The van der Waals surface area contributed by atoms with Crippen molar-refractivity contribution in [2.24, 2.45) is 5.73 Å². The van der Waals surface area contributed by atoms with E-state index in [0.29, 0.717) is 19.5 Å². The molecule has 0 aliphatic rings. The van der Waals surface area contributed by atoms with Gasteiger partial charge in [-0.25, -0.2) is 12.7 Å². The van der Waals surface area contributed by atoms with E-state index in [0.717, 1.165) is 24.0 Å². The number of rotatable bonds is 9. The Labute approximate surface area is 121 Å². The first-order valence-corrected chi connectivity index (χ1v) is 8.43. The highest BCUT2D eigenvalue weighted by atomic mass is 32.2. The van der Waals surface area contributed by atoms with E-state index in [4.69, 9.17) is 10.8 Å². The van der Waals surface area contributed by atoms with Crippen LogP contribution in [0.15, 0.2) is 24.3 Å². The maximum absolute atomic E-state index is 12.2. The van der Waals surface area contributed by atoms with Crippen molar-refractivity contribution in [3.63, 3.8) is 0 Å². The predicted molar refractivity (Wildman–Crippen MR) is 80.5 cm³/mol. The monoisotopic (exact) mass is 300 g/mol. The molecule has 0 amide bonds. The molecule has 0 aliphatic carbocycles. The lowest BCUT2D eigenvalue weighted by Gasteiger charge is -2.17. The standard InChI is InChI=1S/C14H24N2O3S/c1-16(9-3-2-4-10-17)20(18,19)12-14-7-5-13(11-15)6-8-14/h5-8,17H,2-4,9-12,15H2,1H3. The van der Waals surface area contributed by atoms with Crippen molar-refractivity contribution in [1.82, 2.24) is 4.31 Å². The zero-order chi connectivity index (χ0) is 15.0. The zero-order valence-corrected chi connectivity index (χ0v) is 12.8. The van der Waals surface area contributed by atoms with E-state index in [1.54, 1.807) is 19.2 Å². The van der Waals surface area contributed by atoms with Gasteiger partial charge in [-0.2, -0.15) is 0 Å². The lowest BCUT2D eigenvalue weighted by Crippen LogP contribution is -2.29. The molecule has 1 rings (SSSR count). The highest BCUT2D eigenvalue weighted by molar-refractivity contribution is 7.88. The summed E-state index contributed by atoms with van der Waals surface area (Å²) in [5, 5.41) is 8.69. The molecule has 0 spiro atoms. The molecule has 0 aromatic heterocycles. The van der Waals surface area contributed by atoms with Crippen molar-refractivity contribution < 1.29 is 13.5 Å². The Balaban J connectivity index is 2.54. The van der Waals surface area contributed by atoms with Crippen LogP contribution in [0.5, 0.6) is 0 Å². The van der Waals surface area contributed by atoms with Gasteiger partial charge >= 0.3 is 0 Å². The molecule has 0 saturated heterocycles. The Morgan fingerprint density at radius 3 is 2.25 bits per heavy atom. The van der Waals surface area contributed by atoms with Crippen molar-refractivity contribution in [3.05, 3.63) is 35.4 Å². The fourth-order valence-electron chi connectivity index (χ4n) is 1.85. The predicted octanol–water partition coefficient (Wildman–Crippen LogP) is 1.07. The second kappa shape index (κ2) is 8.36. The Morgan fingerprint density at radius 2 is 1.70 bits per heavy atom. The fraction of sp³-hybridized carbons (Fsp3) is 0.571. The van der Waals surface area contributed by atoms with Gasteiger partial charge in [-0.15, -0.1) is 0 Å². The number of sulfonamides is 1. The van der Waals surface area contributed by atoms with E-state index in [-0.39, 0.29) is 12.4 Å². The third-order valence-corrected chi connectivity index (χ3v) is 5.04. The third kappa shape index (κ3) is 5.58. The number of hydrogen-bond donors (Lipinski definition) is 2. The van der Waals surface area contributed by atoms with Gasteiger partial charge in [0.15, 0.2) is 0 Å². The molecule has 3 N–H and O–H groups in total. The summed E-state index contributed by atoms with van der Waals surface area (Å²) in [4.78, 5) is 0. The molecule has 0 fully saturated rings. The van der Waals surface area contributed by atoms with Gasteiger partial charge in [-0.05, 0) is 30.4 Å². The van der Waals surface area contributed by atoms with Gasteiger partial charge < -0.3 is 10.8 Å². The molecule has 0 saturated carbocycles. The van der Waals surface area contributed by atoms with Crippen molar-refractivity contribution in [2.75, 3.05) is 20.2 Å². The van der Waals surface area contributed by atoms with Crippen LogP contribution < -0.4 is 5.73 Å². The number of benzene rings is 1. The smallest absolute Gasteiger partial charge is 0.218 e. The lowest BCUT2D eigenvalue weighted by atomic mass is 10.1. The Hall–Kier alpha value is -0.950. The average molecular weight is 300 g/mol. The summed E-state index contributed by atoms with van der Waals surface area (Å²) in [6.45, 7) is 1.10. The largest absolute Gasteiger partial charge is 0.396 e. The van der Waals surface area contributed by atoms with Gasteiger partial charge in [0, 0.05) is 26.7 Å². The fourth-order valence-corrected chi connectivity index (χ4v) is 3.10. The summed E-state index contributed by atoms with van der Waals surface area (Å²) in [5.41, 5.74) is 7.27. The normalized spacial score (nSPS) is 12.0. The molecule has 6 heteroatoms. The summed E-state index contributed by atoms with van der Waals surface area (Å²) in [7, 11) is -1.68.